The van der Waals surface area contributed by atoms with E-state index in [1.54, 1.807) is 0 Å². The maximum Gasteiger partial charge on any atom is 0.253 e. The van der Waals surface area contributed by atoms with E-state index in [1.807, 2.05) is 6.07 Å². The molecule has 1 aliphatic rings. The Hall–Kier alpha value is -1.25. The van der Waals surface area contributed by atoms with Crippen molar-refractivity contribution in [3.63, 3.8) is 0 Å². The number of aromatic amines is 1. The van der Waals surface area contributed by atoms with E-state index in [9.17, 15) is 4.79 Å². The highest BCUT2D eigenvalue weighted by Gasteiger charge is 2.23. The Morgan fingerprint density at radius 2 is 2.07 bits per heavy atom. The number of hydrogen-bond acceptors (Lipinski definition) is 1. The van der Waals surface area contributed by atoms with Crippen LogP contribution in [-0.2, 0) is 11.8 Å². The topological polar surface area (TPSA) is 44.9 Å². The fourth-order valence-corrected chi connectivity index (χ4v) is 1.70. The van der Waals surface area contributed by atoms with Crippen LogP contribution in [-0.4, -0.2) is 17.4 Å². The summed E-state index contributed by atoms with van der Waals surface area (Å²) in [6, 6.07) is 1.98. The molecule has 0 saturated carbocycles. The fourth-order valence-electron chi connectivity index (χ4n) is 1.70. The van der Waals surface area contributed by atoms with E-state index in [0.717, 1.165) is 29.9 Å². The van der Waals surface area contributed by atoms with E-state index in [2.05, 4.69) is 31.1 Å². The number of amides is 1. The average molecular weight is 192 g/mol. The van der Waals surface area contributed by atoms with Gasteiger partial charge in [0.1, 0.15) is 0 Å². The second kappa shape index (κ2) is 2.87. The molecule has 14 heavy (non-hydrogen) atoms. The highest BCUT2D eigenvalue weighted by molar-refractivity contribution is 5.96. The quantitative estimate of drug-likeness (QED) is 0.644. The normalized spacial score (nSPS) is 16.4. The number of rotatable bonds is 0. The van der Waals surface area contributed by atoms with Gasteiger partial charge in [0, 0.05) is 29.8 Å². The van der Waals surface area contributed by atoms with E-state index in [1.165, 1.54) is 0 Å². The molecule has 0 fully saturated rings. The molecule has 3 heteroatoms. The summed E-state index contributed by atoms with van der Waals surface area (Å²) in [7, 11) is 0. The van der Waals surface area contributed by atoms with Gasteiger partial charge in [0.25, 0.3) is 5.91 Å². The summed E-state index contributed by atoms with van der Waals surface area (Å²) in [6.45, 7) is 7.17. The van der Waals surface area contributed by atoms with Crippen molar-refractivity contribution in [2.75, 3.05) is 6.54 Å². The number of fused-ring (bicyclic) bond motifs is 1. The highest BCUT2D eigenvalue weighted by atomic mass is 16.1. The van der Waals surface area contributed by atoms with Crippen LogP contribution in [0.2, 0.25) is 0 Å². The van der Waals surface area contributed by atoms with E-state index in [-0.39, 0.29) is 11.3 Å². The van der Waals surface area contributed by atoms with Gasteiger partial charge in [-0.15, -0.1) is 0 Å². The third-order valence-corrected chi connectivity index (χ3v) is 2.61. The first-order valence-corrected chi connectivity index (χ1v) is 4.99. The van der Waals surface area contributed by atoms with Crippen molar-refractivity contribution in [3.8, 4) is 0 Å². The molecule has 0 spiro atoms. The maximum atomic E-state index is 11.5. The number of nitrogens with one attached hydrogen (secondary N) is 2. The molecule has 0 aromatic carbocycles. The molecule has 2 N–H and O–H groups in total. The lowest BCUT2D eigenvalue weighted by Gasteiger charge is -2.15. The van der Waals surface area contributed by atoms with Crippen LogP contribution >= 0.6 is 0 Å². The van der Waals surface area contributed by atoms with Gasteiger partial charge >= 0.3 is 0 Å². The molecule has 0 unspecified atom stereocenters. The zero-order chi connectivity index (χ0) is 10.3. The van der Waals surface area contributed by atoms with Crippen molar-refractivity contribution < 1.29 is 4.79 Å². The molecule has 1 aromatic heterocycles. The van der Waals surface area contributed by atoms with E-state index in [4.69, 9.17) is 0 Å². The lowest BCUT2D eigenvalue weighted by Crippen LogP contribution is -2.31. The van der Waals surface area contributed by atoms with Crippen molar-refractivity contribution >= 4 is 5.91 Å². The van der Waals surface area contributed by atoms with Crippen LogP contribution in [0, 0.1) is 0 Å². The van der Waals surface area contributed by atoms with Crippen LogP contribution in [0.15, 0.2) is 6.07 Å². The standard InChI is InChI=1S/C11H16N2O/c1-11(2,3)9-6-7-8(13-9)4-5-12-10(7)14/h6,13H,4-5H2,1-3H3,(H,12,14). The van der Waals surface area contributed by atoms with Crippen molar-refractivity contribution in [2.24, 2.45) is 0 Å². The Morgan fingerprint density at radius 3 is 2.64 bits per heavy atom. The molecule has 0 bridgehead atoms. The smallest absolute Gasteiger partial charge is 0.253 e. The largest absolute Gasteiger partial charge is 0.361 e. The highest BCUT2D eigenvalue weighted by Crippen LogP contribution is 2.25. The van der Waals surface area contributed by atoms with Gasteiger partial charge in [-0.2, -0.15) is 0 Å². The second-order valence-electron chi connectivity index (χ2n) is 4.83. The van der Waals surface area contributed by atoms with Crippen LogP contribution < -0.4 is 5.32 Å². The lowest BCUT2D eigenvalue weighted by atomic mass is 9.92. The van der Waals surface area contributed by atoms with Gasteiger partial charge in [-0.05, 0) is 6.07 Å². The van der Waals surface area contributed by atoms with Crippen LogP contribution in [0.4, 0.5) is 0 Å². The second-order valence-corrected chi connectivity index (χ2v) is 4.83. The Bertz CT molecular complexity index is 371. The van der Waals surface area contributed by atoms with Gasteiger partial charge < -0.3 is 10.3 Å². The zero-order valence-electron chi connectivity index (χ0n) is 8.90. The monoisotopic (exact) mass is 192 g/mol. The van der Waals surface area contributed by atoms with E-state index >= 15 is 0 Å². The molecule has 0 radical (unpaired) electrons. The van der Waals surface area contributed by atoms with Crippen LogP contribution in [0.3, 0.4) is 0 Å². The SMILES string of the molecule is CC(C)(C)c1cc2c([nH]1)CCNC2=O. The Kier molecular flexibility index (Phi) is 1.91. The summed E-state index contributed by atoms with van der Waals surface area (Å²) in [5.74, 6) is 0.0537. The van der Waals surface area contributed by atoms with Crippen LogP contribution in [0.1, 0.15) is 42.5 Å². The molecular weight excluding hydrogens is 176 g/mol. The Labute approximate surface area is 83.9 Å². The third kappa shape index (κ3) is 1.43. The molecule has 0 aliphatic carbocycles. The summed E-state index contributed by atoms with van der Waals surface area (Å²) in [5, 5.41) is 2.84. The number of carbonyl (C=O) groups is 1. The molecule has 2 heterocycles. The number of carbonyl (C=O) groups excluding carboxylic acids is 1. The average Bonchev–Trinajstić information content (AvgIpc) is 2.48. The molecule has 0 atom stereocenters. The molecule has 1 aromatic rings. The minimum atomic E-state index is 0.0537. The van der Waals surface area contributed by atoms with Gasteiger partial charge in [0.2, 0.25) is 0 Å². The van der Waals surface area contributed by atoms with Crippen LogP contribution in [0.25, 0.3) is 0 Å². The molecule has 0 saturated heterocycles. The van der Waals surface area contributed by atoms with Gasteiger partial charge in [-0.3, -0.25) is 4.79 Å². The minimum Gasteiger partial charge on any atom is -0.361 e. The van der Waals surface area contributed by atoms with Crippen molar-refractivity contribution in [1.82, 2.24) is 10.3 Å². The summed E-state index contributed by atoms with van der Waals surface area (Å²) >= 11 is 0. The Morgan fingerprint density at radius 1 is 1.36 bits per heavy atom. The first kappa shape index (κ1) is 9.31. The number of H-pyrrole nitrogens is 1. The molecule has 3 nitrogen and oxygen atoms in total. The van der Waals surface area contributed by atoms with Gasteiger partial charge in [-0.25, -0.2) is 0 Å². The van der Waals surface area contributed by atoms with Gasteiger partial charge in [0.05, 0.1) is 5.56 Å². The molecule has 2 rings (SSSR count). The third-order valence-electron chi connectivity index (χ3n) is 2.61. The Balaban J connectivity index is 2.45. The summed E-state index contributed by atoms with van der Waals surface area (Å²) in [6.07, 6.45) is 0.914. The first-order chi connectivity index (χ1) is 6.48. The predicted molar refractivity (Wildman–Crippen MR) is 55.5 cm³/mol. The fraction of sp³-hybridized carbons (Fsp3) is 0.545. The predicted octanol–water partition coefficient (Wildman–Crippen LogP) is 1.60. The van der Waals surface area contributed by atoms with Crippen molar-refractivity contribution in [1.29, 1.82) is 0 Å². The van der Waals surface area contributed by atoms with Gasteiger partial charge in [0.15, 0.2) is 0 Å². The summed E-state index contributed by atoms with van der Waals surface area (Å²) in [4.78, 5) is 14.8. The molecular formula is C11H16N2O. The number of hydrogen-bond donors (Lipinski definition) is 2. The van der Waals surface area contributed by atoms with Gasteiger partial charge in [-0.1, -0.05) is 20.8 Å². The van der Waals surface area contributed by atoms with E-state index < -0.39 is 0 Å². The lowest BCUT2D eigenvalue weighted by molar-refractivity contribution is 0.0946. The van der Waals surface area contributed by atoms with Crippen molar-refractivity contribution in [2.45, 2.75) is 32.6 Å². The van der Waals surface area contributed by atoms with Crippen molar-refractivity contribution in [3.05, 3.63) is 23.0 Å². The summed E-state index contributed by atoms with van der Waals surface area (Å²) in [5.41, 5.74) is 3.12. The zero-order valence-corrected chi connectivity index (χ0v) is 8.90. The summed E-state index contributed by atoms with van der Waals surface area (Å²) < 4.78 is 0. The molecule has 1 aliphatic heterocycles. The number of aromatic nitrogens is 1. The molecule has 1 amide bonds. The van der Waals surface area contributed by atoms with E-state index in [0.29, 0.717) is 0 Å². The van der Waals surface area contributed by atoms with Crippen LogP contribution in [0.5, 0.6) is 0 Å². The molecule has 76 valence electrons. The minimum absolute atomic E-state index is 0.0537. The first-order valence-electron chi connectivity index (χ1n) is 4.99. The maximum absolute atomic E-state index is 11.5.